The first kappa shape index (κ1) is 10.2. The molecule has 0 aromatic heterocycles. The topological polar surface area (TPSA) is 63.3 Å². The summed E-state index contributed by atoms with van der Waals surface area (Å²) in [4.78, 5) is 10.5. The molecule has 0 spiro atoms. The highest BCUT2D eigenvalue weighted by Crippen LogP contribution is 2.07. The van der Waals surface area contributed by atoms with Crippen LogP contribution >= 0.6 is 0 Å². The fourth-order valence-electron chi connectivity index (χ4n) is 0.736. The van der Waals surface area contributed by atoms with Crippen molar-refractivity contribution in [2.24, 2.45) is 5.73 Å². The molecule has 0 heterocycles. The molecule has 0 aromatic rings. The lowest BCUT2D eigenvalue weighted by molar-refractivity contribution is -0.115. The van der Waals surface area contributed by atoms with Gasteiger partial charge in [0.25, 0.3) is 0 Å². The van der Waals surface area contributed by atoms with Gasteiger partial charge in [-0.2, -0.15) is 0 Å². The smallest absolute Gasteiger partial charge is 0.246 e. The highest BCUT2D eigenvalue weighted by atomic mass is 16.3. The van der Waals surface area contributed by atoms with Gasteiger partial charge in [-0.25, -0.2) is 0 Å². The Balaban J connectivity index is 3.73. The molecule has 0 aliphatic rings. The number of hydrogen-bond acceptors (Lipinski definition) is 2. The lowest BCUT2D eigenvalue weighted by atomic mass is 10.1. The van der Waals surface area contributed by atoms with Crippen molar-refractivity contribution in [2.45, 2.75) is 32.3 Å². The summed E-state index contributed by atoms with van der Waals surface area (Å²) in [5, 5.41) is 9.22. The Morgan fingerprint density at radius 3 is 2.64 bits per heavy atom. The van der Waals surface area contributed by atoms with Crippen LogP contribution in [0.15, 0.2) is 12.2 Å². The van der Waals surface area contributed by atoms with Gasteiger partial charge in [0.1, 0.15) is 0 Å². The van der Waals surface area contributed by atoms with Crippen molar-refractivity contribution in [2.75, 3.05) is 0 Å². The van der Waals surface area contributed by atoms with E-state index >= 15 is 0 Å². The van der Waals surface area contributed by atoms with Crippen LogP contribution in [0.3, 0.4) is 0 Å². The fraction of sp³-hybridized carbons (Fsp3) is 0.625. The molecule has 0 saturated carbocycles. The molecule has 64 valence electrons. The molecule has 0 bridgehead atoms. The number of amides is 1. The van der Waals surface area contributed by atoms with Gasteiger partial charge in [0, 0.05) is 5.57 Å². The van der Waals surface area contributed by atoms with Crippen molar-refractivity contribution in [1.29, 1.82) is 0 Å². The summed E-state index contributed by atoms with van der Waals surface area (Å²) in [6.07, 6.45) is 1.68. The number of primary amides is 1. The second-order valence-corrected chi connectivity index (χ2v) is 2.55. The van der Waals surface area contributed by atoms with Gasteiger partial charge in [-0.15, -0.1) is 0 Å². The zero-order valence-corrected chi connectivity index (χ0v) is 6.84. The molecule has 1 atom stereocenters. The van der Waals surface area contributed by atoms with E-state index in [1.54, 1.807) is 0 Å². The summed E-state index contributed by atoms with van der Waals surface area (Å²) < 4.78 is 0. The van der Waals surface area contributed by atoms with Crippen LogP contribution in [0.4, 0.5) is 0 Å². The zero-order valence-electron chi connectivity index (χ0n) is 6.84. The largest absolute Gasteiger partial charge is 0.388 e. The normalized spacial score (nSPS) is 12.5. The third-order valence-corrected chi connectivity index (χ3v) is 1.55. The molecule has 3 heteroatoms. The second-order valence-electron chi connectivity index (χ2n) is 2.55. The van der Waals surface area contributed by atoms with E-state index in [0.29, 0.717) is 6.42 Å². The number of unbranched alkanes of at least 4 members (excludes halogenated alkanes) is 1. The van der Waals surface area contributed by atoms with Crippen LogP contribution in [0.2, 0.25) is 0 Å². The summed E-state index contributed by atoms with van der Waals surface area (Å²) >= 11 is 0. The molecule has 0 fully saturated rings. The predicted octanol–water partition coefficient (Wildman–Crippen LogP) is 0.579. The maximum Gasteiger partial charge on any atom is 0.246 e. The maximum atomic E-state index is 10.5. The molecular formula is C8H15NO2. The average molecular weight is 157 g/mol. The van der Waals surface area contributed by atoms with E-state index in [1.165, 1.54) is 0 Å². The lowest BCUT2D eigenvalue weighted by Gasteiger charge is -2.09. The number of rotatable bonds is 5. The summed E-state index contributed by atoms with van der Waals surface area (Å²) in [6.45, 7) is 5.40. The molecule has 0 saturated heterocycles. The molecule has 0 aliphatic heterocycles. The molecule has 0 radical (unpaired) electrons. The Kier molecular flexibility index (Phi) is 4.54. The van der Waals surface area contributed by atoms with Gasteiger partial charge in [-0.05, 0) is 6.42 Å². The number of nitrogens with two attached hydrogens (primary N) is 1. The number of aliphatic hydroxyl groups is 1. The number of aliphatic hydroxyl groups excluding tert-OH is 1. The zero-order chi connectivity index (χ0) is 8.85. The summed E-state index contributed by atoms with van der Waals surface area (Å²) in [6, 6.07) is 0. The Morgan fingerprint density at radius 1 is 1.73 bits per heavy atom. The highest BCUT2D eigenvalue weighted by Gasteiger charge is 2.11. The first-order valence-electron chi connectivity index (χ1n) is 3.76. The Morgan fingerprint density at radius 2 is 2.27 bits per heavy atom. The van der Waals surface area contributed by atoms with E-state index < -0.39 is 12.0 Å². The standard InChI is InChI=1S/C8H15NO2/c1-3-4-5-7(10)6(2)8(9)11/h7,10H,2-5H2,1H3,(H2,9,11). The van der Waals surface area contributed by atoms with E-state index in [9.17, 15) is 9.90 Å². The van der Waals surface area contributed by atoms with Crippen LogP contribution in [0.1, 0.15) is 26.2 Å². The van der Waals surface area contributed by atoms with Crippen LogP contribution in [-0.4, -0.2) is 17.1 Å². The fourth-order valence-corrected chi connectivity index (χ4v) is 0.736. The van der Waals surface area contributed by atoms with Gasteiger partial charge in [-0.3, -0.25) is 4.79 Å². The van der Waals surface area contributed by atoms with Gasteiger partial charge in [0.2, 0.25) is 5.91 Å². The van der Waals surface area contributed by atoms with Crippen molar-refractivity contribution in [1.82, 2.24) is 0 Å². The molecule has 0 rings (SSSR count). The van der Waals surface area contributed by atoms with E-state index in [4.69, 9.17) is 5.73 Å². The Bertz CT molecular complexity index is 154. The van der Waals surface area contributed by atoms with E-state index in [0.717, 1.165) is 12.8 Å². The predicted molar refractivity (Wildman–Crippen MR) is 43.9 cm³/mol. The molecule has 1 amide bonds. The van der Waals surface area contributed by atoms with Gasteiger partial charge in [0.15, 0.2) is 0 Å². The van der Waals surface area contributed by atoms with E-state index in [2.05, 4.69) is 6.58 Å². The van der Waals surface area contributed by atoms with E-state index in [1.807, 2.05) is 6.92 Å². The molecule has 3 nitrogen and oxygen atoms in total. The minimum absolute atomic E-state index is 0.110. The number of carbonyl (C=O) groups excluding carboxylic acids is 1. The van der Waals surface area contributed by atoms with Crippen molar-refractivity contribution in [3.63, 3.8) is 0 Å². The minimum atomic E-state index is -0.757. The Hall–Kier alpha value is -0.830. The van der Waals surface area contributed by atoms with Crippen LogP contribution in [-0.2, 0) is 4.79 Å². The first-order valence-corrected chi connectivity index (χ1v) is 3.76. The molecule has 1 unspecified atom stereocenters. The van der Waals surface area contributed by atoms with E-state index in [-0.39, 0.29) is 5.57 Å². The van der Waals surface area contributed by atoms with Gasteiger partial charge < -0.3 is 10.8 Å². The Labute approximate surface area is 66.9 Å². The van der Waals surface area contributed by atoms with Crippen LogP contribution in [0, 0.1) is 0 Å². The van der Waals surface area contributed by atoms with Crippen LogP contribution < -0.4 is 5.73 Å². The monoisotopic (exact) mass is 157 g/mol. The summed E-state index contributed by atoms with van der Waals surface area (Å²) in [5.41, 5.74) is 5.02. The minimum Gasteiger partial charge on any atom is -0.388 e. The molecule has 0 aliphatic carbocycles. The van der Waals surface area contributed by atoms with Crippen LogP contribution in [0.25, 0.3) is 0 Å². The average Bonchev–Trinajstić information content (AvgIpc) is 1.98. The third-order valence-electron chi connectivity index (χ3n) is 1.55. The third kappa shape index (κ3) is 3.78. The van der Waals surface area contributed by atoms with Crippen molar-refractivity contribution < 1.29 is 9.90 Å². The molecule has 0 aromatic carbocycles. The lowest BCUT2D eigenvalue weighted by Crippen LogP contribution is -2.23. The van der Waals surface area contributed by atoms with Gasteiger partial charge in [-0.1, -0.05) is 26.3 Å². The molecule has 11 heavy (non-hydrogen) atoms. The van der Waals surface area contributed by atoms with Crippen molar-refractivity contribution in [3.05, 3.63) is 12.2 Å². The van der Waals surface area contributed by atoms with Crippen LogP contribution in [0.5, 0.6) is 0 Å². The van der Waals surface area contributed by atoms with Crippen molar-refractivity contribution in [3.8, 4) is 0 Å². The molecular weight excluding hydrogens is 142 g/mol. The van der Waals surface area contributed by atoms with Gasteiger partial charge >= 0.3 is 0 Å². The van der Waals surface area contributed by atoms with Gasteiger partial charge in [0.05, 0.1) is 6.10 Å². The van der Waals surface area contributed by atoms with Crippen molar-refractivity contribution >= 4 is 5.91 Å². The highest BCUT2D eigenvalue weighted by molar-refractivity contribution is 5.92. The number of hydrogen-bond donors (Lipinski definition) is 2. The quantitative estimate of drug-likeness (QED) is 0.573. The number of carbonyl (C=O) groups is 1. The maximum absolute atomic E-state index is 10.5. The first-order chi connectivity index (χ1) is 5.09. The summed E-state index contributed by atoms with van der Waals surface area (Å²) in [7, 11) is 0. The summed E-state index contributed by atoms with van der Waals surface area (Å²) in [5.74, 6) is -0.617. The molecule has 3 N–H and O–H groups in total. The second kappa shape index (κ2) is 4.91. The SMILES string of the molecule is C=C(C(N)=O)C(O)CCCC.